The zero-order valence-electron chi connectivity index (χ0n) is 25.7. The van der Waals surface area contributed by atoms with E-state index in [-0.39, 0.29) is 64.4 Å². The average molecular weight is 653 g/mol. The summed E-state index contributed by atoms with van der Waals surface area (Å²) in [6, 6.07) is 2.56. The molecule has 2 aromatic heterocycles. The van der Waals surface area contributed by atoms with Crippen LogP contribution in [0, 0.1) is 24.4 Å². The van der Waals surface area contributed by atoms with Crippen LogP contribution in [0.25, 0.3) is 27.7 Å². The molecule has 2 aliphatic heterocycles. The van der Waals surface area contributed by atoms with Crippen molar-refractivity contribution in [1.82, 2.24) is 19.4 Å². The van der Waals surface area contributed by atoms with Gasteiger partial charge in [0.05, 0.1) is 33.0 Å². The van der Waals surface area contributed by atoms with Gasteiger partial charge < -0.3 is 20.2 Å². The molecule has 2 atom stereocenters. The maximum Gasteiger partial charge on any atom is 0.354 e. The predicted molar refractivity (Wildman–Crippen MR) is 172 cm³/mol. The normalized spacial score (nSPS) is 17.8. The summed E-state index contributed by atoms with van der Waals surface area (Å²) in [5.41, 5.74) is -0.431. The molecule has 13 heteroatoms. The standard InChI is InChI=1S/C33H32ClF3N6O3/c1-6-22(45)41-14-18-8-10-39-29-24-31(25(34)23(27(29)37)20-11-19(44)12-21(35)26(20)36)43(30-16(4)7-9-38-28(30)15(2)3)33(46)40-32(24)42(18)13-17(41)5/h6-7,9,11-12,15,17-18,39,44H,1,8,10,13-14H2,2-5H3. The van der Waals surface area contributed by atoms with Gasteiger partial charge in [0.1, 0.15) is 11.6 Å². The number of phenolic OH excluding ortho intramolecular Hbond substituents is 1. The van der Waals surface area contributed by atoms with Gasteiger partial charge in [-0.3, -0.25) is 14.3 Å². The number of halogens is 4. The van der Waals surface area contributed by atoms with E-state index in [0.29, 0.717) is 36.0 Å². The quantitative estimate of drug-likeness (QED) is 0.258. The monoisotopic (exact) mass is 652 g/mol. The highest BCUT2D eigenvalue weighted by molar-refractivity contribution is 6.39. The maximum absolute atomic E-state index is 16.8. The van der Waals surface area contributed by atoms with Gasteiger partial charge in [0.2, 0.25) is 5.91 Å². The molecule has 2 aliphatic rings. The van der Waals surface area contributed by atoms with E-state index in [2.05, 4.69) is 21.9 Å². The average Bonchev–Trinajstić information content (AvgIpc) is 3.00. The van der Waals surface area contributed by atoms with Crippen LogP contribution < -0.4 is 15.9 Å². The molecule has 9 nitrogen and oxygen atoms in total. The largest absolute Gasteiger partial charge is 0.508 e. The molecule has 0 bridgehead atoms. The summed E-state index contributed by atoms with van der Waals surface area (Å²) in [6.45, 7) is 11.9. The Labute approximate surface area is 267 Å². The van der Waals surface area contributed by atoms with E-state index in [1.54, 1.807) is 24.1 Å². The number of aromatic nitrogens is 3. The first-order chi connectivity index (χ1) is 21.8. The van der Waals surface area contributed by atoms with Crippen LogP contribution in [0.3, 0.4) is 0 Å². The third kappa shape index (κ3) is 4.86. The van der Waals surface area contributed by atoms with E-state index in [0.717, 1.165) is 6.07 Å². The number of amides is 1. The smallest absolute Gasteiger partial charge is 0.354 e. The molecular weight excluding hydrogens is 621 g/mol. The lowest BCUT2D eigenvalue weighted by atomic mass is 9.96. The minimum atomic E-state index is -1.42. The second-order valence-corrected chi connectivity index (χ2v) is 12.4. The van der Waals surface area contributed by atoms with Crippen molar-refractivity contribution in [2.75, 3.05) is 29.9 Å². The number of aryl methyl sites for hydroxylation is 1. The highest BCUT2D eigenvalue weighted by atomic mass is 35.5. The first-order valence-corrected chi connectivity index (χ1v) is 15.3. The fourth-order valence-electron chi connectivity index (χ4n) is 6.59. The van der Waals surface area contributed by atoms with Crippen molar-refractivity contribution in [3.05, 3.63) is 81.3 Å². The number of benzene rings is 2. The minimum Gasteiger partial charge on any atom is -0.508 e. The van der Waals surface area contributed by atoms with E-state index in [1.165, 1.54) is 10.6 Å². The molecule has 1 amide bonds. The van der Waals surface area contributed by atoms with Crippen molar-refractivity contribution in [3.63, 3.8) is 0 Å². The second-order valence-electron chi connectivity index (χ2n) is 12.0. The number of rotatable bonds is 4. The number of hydrogen-bond acceptors (Lipinski definition) is 7. The van der Waals surface area contributed by atoms with Crippen LogP contribution in [0.2, 0.25) is 5.02 Å². The summed E-state index contributed by atoms with van der Waals surface area (Å²) in [7, 11) is 0. The minimum absolute atomic E-state index is 0.00891. The van der Waals surface area contributed by atoms with Crippen LogP contribution in [-0.2, 0) is 4.79 Å². The zero-order chi connectivity index (χ0) is 33.2. The second kappa shape index (κ2) is 11.7. The van der Waals surface area contributed by atoms with E-state index >= 15 is 8.78 Å². The SMILES string of the molecule is C=CC(=O)N1CC2CCNc3c(F)c(-c4cc(O)cc(F)c4F)c(Cl)c4c3c(nc(=O)n4-c3c(C)ccnc3C(C)C)N2CC1C. The summed E-state index contributed by atoms with van der Waals surface area (Å²) in [5, 5.41) is 13.1. The van der Waals surface area contributed by atoms with Gasteiger partial charge in [-0.2, -0.15) is 4.98 Å². The highest BCUT2D eigenvalue weighted by Crippen LogP contribution is 2.48. The Bertz CT molecular complexity index is 2000. The summed E-state index contributed by atoms with van der Waals surface area (Å²) < 4.78 is 48.0. The fourth-order valence-corrected chi connectivity index (χ4v) is 6.95. The van der Waals surface area contributed by atoms with Gasteiger partial charge in [0.15, 0.2) is 17.5 Å². The van der Waals surface area contributed by atoms with Crippen LogP contribution in [0.15, 0.2) is 41.8 Å². The molecule has 2 aromatic carbocycles. The van der Waals surface area contributed by atoms with Gasteiger partial charge in [-0.05, 0) is 50.0 Å². The van der Waals surface area contributed by atoms with Crippen molar-refractivity contribution >= 4 is 39.9 Å². The molecule has 0 radical (unpaired) electrons. The van der Waals surface area contributed by atoms with Crippen LogP contribution in [0.5, 0.6) is 5.75 Å². The van der Waals surface area contributed by atoms with Crippen LogP contribution >= 0.6 is 11.6 Å². The van der Waals surface area contributed by atoms with Gasteiger partial charge in [-0.15, -0.1) is 0 Å². The molecule has 46 heavy (non-hydrogen) atoms. The van der Waals surface area contributed by atoms with Gasteiger partial charge >= 0.3 is 5.69 Å². The zero-order valence-corrected chi connectivity index (χ0v) is 26.4. The Morgan fingerprint density at radius 2 is 1.96 bits per heavy atom. The molecule has 240 valence electrons. The Morgan fingerprint density at radius 3 is 2.65 bits per heavy atom. The van der Waals surface area contributed by atoms with Gasteiger partial charge in [0.25, 0.3) is 0 Å². The van der Waals surface area contributed by atoms with E-state index in [9.17, 15) is 19.1 Å². The number of aromatic hydroxyl groups is 1. The third-order valence-electron chi connectivity index (χ3n) is 8.75. The molecule has 1 saturated heterocycles. The number of anilines is 2. The van der Waals surface area contributed by atoms with Crippen LogP contribution in [-0.4, -0.2) is 62.2 Å². The molecule has 4 aromatic rings. The number of carbonyl (C=O) groups excluding carboxylic acids is 1. The molecule has 2 unspecified atom stereocenters. The Balaban J connectivity index is 1.78. The number of pyridine rings is 1. The fraction of sp³-hybridized carbons (Fsp3) is 0.333. The number of nitrogens with zero attached hydrogens (tertiary/aromatic N) is 5. The number of hydrogen-bond donors (Lipinski definition) is 2. The Kier molecular flexibility index (Phi) is 7.95. The molecule has 0 spiro atoms. The van der Waals surface area contributed by atoms with Gasteiger partial charge in [-0.25, -0.2) is 18.0 Å². The number of piperazine rings is 1. The molecule has 4 heterocycles. The molecule has 2 N–H and O–H groups in total. The third-order valence-corrected chi connectivity index (χ3v) is 9.12. The van der Waals surface area contributed by atoms with E-state index in [4.69, 9.17) is 11.6 Å². The Morgan fingerprint density at radius 1 is 1.22 bits per heavy atom. The molecular formula is C33H32ClF3N6O3. The summed E-state index contributed by atoms with van der Waals surface area (Å²) in [6.07, 6.45) is 3.29. The van der Waals surface area contributed by atoms with Crippen molar-refractivity contribution in [2.24, 2.45) is 0 Å². The van der Waals surface area contributed by atoms with Crippen molar-refractivity contribution < 1.29 is 23.1 Å². The first kappa shape index (κ1) is 31.4. The topological polar surface area (TPSA) is 104 Å². The van der Waals surface area contributed by atoms with Gasteiger partial charge in [0, 0.05) is 55.1 Å². The lowest BCUT2D eigenvalue weighted by molar-refractivity contribution is -0.128. The summed E-state index contributed by atoms with van der Waals surface area (Å²) >= 11 is 7.05. The van der Waals surface area contributed by atoms with Crippen molar-refractivity contribution in [2.45, 2.75) is 52.1 Å². The lowest BCUT2D eigenvalue weighted by Crippen LogP contribution is -2.60. The van der Waals surface area contributed by atoms with Gasteiger partial charge in [-0.1, -0.05) is 32.0 Å². The number of nitrogens with one attached hydrogen (secondary N) is 1. The Hall–Kier alpha value is -4.58. The maximum atomic E-state index is 16.8. The number of phenols is 1. The van der Waals surface area contributed by atoms with E-state index in [1.807, 2.05) is 25.7 Å². The molecule has 1 fully saturated rings. The van der Waals surface area contributed by atoms with Crippen LogP contribution in [0.1, 0.15) is 44.4 Å². The predicted octanol–water partition coefficient (Wildman–Crippen LogP) is 6.06. The van der Waals surface area contributed by atoms with E-state index < -0.39 is 40.0 Å². The first-order valence-electron chi connectivity index (χ1n) is 14.9. The summed E-state index contributed by atoms with van der Waals surface area (Å²) in [4.78, 5) is 39.6. The van der Waals surface area contributed by atoms with Crippen molar-refractivity contribution in [1.29, 1.82) is 0 Å². The lowest BCUT2D eigenvalue weighted by Gasteiger charge is -2.46. The molecule has 6 rings (SSSR count). The molecule has 0 saturated carbocycles. The van der Waals surface area contributed by atoms with Crippen molar-refractivity contribution in [3.8, 4) is 22.6 Å². The van der Waals surface area contributed by atoms with Crippen LogP contribution in [0.4, 0.5) is 24.7 Å². The molecule has 0 aliphatic carbocycles. The number of carbonyl (C=O) groups is 1. The number of fused-ring (bicyclic) bond motifs is 2. The summed E-state index contributed by atoms with van der Waals surface area (Å²) in [5.74, 6) is -4.72. The highest BCUT2D eigenvalue weighted by Gasteiger charge is 2.39.